The summed E-state index contributed by atoms with van der Waals surface area (Å²) in [5.41, 5.74) is -1.99. The number of amides is 2. The lowest BCUT2D eigenvalue weighted by Gasteiger charge is -2.23. The maximum Gasteiger partial charge on any atom is 0.389 e. The summed E-state index contributed by atoms with van der Waals surface area (Å²) in [7, 11) is 1.36. The minimum Gasteiger partial charge on any atom is -0.437 e. The van der Waals surface area contributed by atoms with Crippen molar-refractivity contribution in [1.29, 1.82) is 0 Å². The van der Waals surface area contributed by atoms with Crippen molar-refractivity contribution in [1.82, 2.24) is 30.7 Å². The van der Waals surface area contributed by atoms with Crippen molar-refractivity contribution in [2.24, 2.45) is 0 Å². The van der Waals surface area contributed by atoms with Crippen LogP contribution in [-0.4, -0.2) is 45.1 Å². The van der Waals surface area contributed by atoms with Crippen molar-refractivity contribution in [3.8, 4) is 22.5 Å². The Morgan fingerprint density at radius 3 is 2.48 bits per heavy atom. The monoisotopic (exact) mass is 614 g/mol. The predicted octanol–water partition coefficient (Wildman–Crippen LogP) is 5.91. The Balaban J connectivity index is 1.67. The molecule has 228 valence electrons. The summed E-state index contributed by atoms with van der Waals surface area (Å²) < 4.78 is 96.0. The van der Waals surface area contributed by atoms with E-state index in [1.807, 2.05) is 0 Å². The summed E-state index contributed by atoms with van der Waals surface area (Å²) in [6.07, 6.45) is -5.83. The first kappa shape index (κ1) is 25.4. The summed E-state index contributed by atoms with van der Waals surface area (Å²) in [4.78, 5) is 39.0. The smallest absolute Gasteiger partial charge is 0.389 e. The van der Waals surface area contributed by atoms with E-state index in [1.165, 1.54) is 44.4 Å². The van der Waals surface area contributed by atoms with Crippen molar-refractivity contribution in [2.75, 3.05) is 7.05 Å². The lowest BCUT2D eigenvalue weighted by Crippen LogP contribution is -2.42. The number of nitrogens with one attached hydrogen (secondary N) is 2. The summed E-state index contributed by atoms with van der Waals surface area (Å²) in [6, 6.07) is 7.72. The Hall–Kier alpha value is -5.14. The molecule has 0 aliphatic rings. The van der Waals surface area contributed by atoms with Crippen LogP contribution < -0.4 is 10.6 Å². The van der Waals surface area contributed by atoms with Crippen LogP contribution in [0, 0.1) is 12.7 Å². The maximum atomic E-state index is 13.7. The van der Waals surface area contributed by atoms with Crippen LogP contribution >= 0.6 is 0 Å². The molecule has 2 amide bonds. The molecule has 2 N–H and O–H groups in total. The van der Waals surface area contributed by atoms with Crippen LogP contribution in [0.2, 0.25) is 0 Å². The summed E-state index contributed by atoms with van der Waals surface area (Å²) in [5.74, 6) is -2.59. The number of hydrogen-bond donors (Lipinski definition) is 2. The molecule has 4 aromatic heterocycles. The van der Waals surface area contributed by atoms with Gasteiger partial charge in [-0.05, 0) is 63.5 Å². The zero-order valence-corrected chi connectivity index (χ0v) is 23.4. The Bertz CT molecular complexity index is 2030. The molecule has 1 atom stereocenters. The average molecular weight is 615 g/mol. The fraction of sp³-hybridized carbons (Fsp3) is 0.267. The van der Waals surface area contributed by atoms with E-state index in [-0.39, 0.29) is 50.5 Å². The first-order valence-electron chi connectivity index (χ1n) is 15.0. The van der Waals surface area contributed by atoms with Gasteiger partial charge in [-0.1, -0.05) is 5.16 Å². The topological polar surface area (TPSA) is 136 Å². The van der Waals surface area contributed by atoms with Crippen LogP contribution in [0.25, 0.3) is 33.6 Å². The first-order chi connectivity index (χ1) is 22.4. The fourth-order valence-corrected chi connectivity index (χ4v) is 4.53. The quantitative estimate of drug-likeness (QED) is 0.206. The number of halogens is 4. The van der Waals surface area contributed by atoms with Crippen LogP contribution in [0.1, 0.15) is 63.6 Å². The van der Waals surface area contributed by atoms with Crippen molar-refractivity contribution in [3.63, 3.8) is 0 Å². The largest absolute Gasteiger partial charge is 0.437 e. The fourth-order valence-electron chi connectivity index (χ4n) is 4.53. The van der Waals surface area contributed by atoms with Gasteiger partial charge < -0.3 is 19.6 Å². The number of furan rings is 1. The summed E-state index contributed by atoms with van der Waals surface area (Å²) >= 11 is 0. The van der Waals surface area contributed by atoms with E-state index in [0.29, 0.717) is 5.56 Å². The highest BCUT2D eigenvalue weighted by Gasteiger charge is 2.31. The van der Waals surface area contributed by atoms with Gasteiger partial charge in [-0.25, -0.2) is 9.37 Å². The van der Waals surface area contributed by atoms with E-state index in [9.17, 15) is 27.2 Å². The third kappa shape index (κ3) is 6.14. The number of pyridine rings is 2. The second kappa shape index (κ2) is 11.5. The van der Waals surface area contributed by atoms with E-state index >= 15 is 0 Å². The van der Waals surface area contributed by atoms with Crippen molar-refractivity contribution >= 4 is 22.9 Å². The molecular formula is C30H26F4N6O4. The Morgan fingerprint density at radius 2 is 1.84 bits per heavy atom. The number of fused-ring (bicyclic) bond motifs is 1. The molecule has 0 fully saturated rings. The SMILES string of the molecule is [2H]c1nc(C(C)(NC(=O)c2cc(-c3cc4c(C(=O)NC)c(-c5ccc(F)cc5)oc4nc3CCC(F)(F)F)cnc2C)C([2H])([2H])[2H])no1. The number of alkyl halides is 3. The molecule has 0 radical (unpaired) electrons. The molecule has 1 unspecified atom stereocenters. The Kier molecular flexibility index (Phi) is 6.63. The molecule has 0 aliphatic heterocycles. The lowest BCUT2D eigenvalue weighted by molar-refractivity contribution is -0.134. The van der Waals surface area contributed by atoms with Crippen molar-refractivity contribution in [3.05, 3.63) is 83.1 Å². The molecule has 4 heterocycles. The van der Waals surface area contributed by atoms with Gasteiger partial charge in [0.2, 0.25) is 12.1 Å². The molecule has 10 nitrogen and oxygen atoms in total. The molecule has 44 heavy (non-hydrogen) atoms. The molecule has 0 spiro atoms. The van der Waals surface area contributed by atoms with Gasteiger partial charge in [-0.3, -0.25) is 14.6 Å². The van der Waals surface area contributed by atoms with Gasteiger partial charge in [0.05, 0.1) is 33.4 Å². The normalized spacial score (nSPS) is 14.7. The molecular weight excluding hydrogens is 584 g/mol. The molecule has 5 rings (SSSR count). The molecule has 0 saturated carbocycles. The highest BCUT2D eigenvalue weighted by Crippen LogP contribution is 2.37. The second-order valence-corrected chi connectivity index (χ2v) is 9.99. The van der Waals surface area contributed by atoms with Crippen molar-refractivity contribution < 1.29 is 41.6 Å². The highest BCUT2D eigenvalue weighted by atomic mass is 19.4. The zero-order valence-electron chi connectivity index (χ0n) is 27.4. The summed E-state index contributed by atoms with van der Waals surface area (Å²) in [5, 5.41) is 8.49. The average Bonchev–Trinajstić information content (AvgIpc) is 3.62. The van der Waals surface area contributed by atoms with Gasteiger partial charge in [0, 0.05) is 40.5 Å². The highest BCUT2D eigenvalue weighted by molar-refractivity contribution is 6.11. The Labute approximate surface area is 253 Å². The van der Waals surface area contributed by atoms with E-state index in [0.717, 1.165) is 19.1 Å². The van der Waals surface area contributed by atoms with E-state index in [2.05, 4.69) is 35.3 Å². The van der Waals surface area contributed by atoms with Crippen LogP contribution in [0.4, 0.5) is 17.6 Å². The van der Waals surface area contributed by atoms with Gasteiger partial charge in [0.15, 0.2) is 5.82 Å². The van der Waals surface area contributed by atoms with Gasteiger partial charge >= 0.3 is 6.18 Å². The van der Waals surface area contributed by atoms with Crippen LogP contribution in [0.5, 0.6) is 0 Å². The van der Waals surface area contributed by atoms with E-state index in [4.69, 9.17) is 9.90 Å². The minimum absolute atomic E-state index is 0.000812. The second-order valence-electron chi connectivity index (χ2n) is 9.99. The van der Waals surface area contributed by atoms with Gasteiger partial charge in [0.1, 0.15) is 12.9 Å². The van der Waals surface area contributed by atoms with Gasteiger partial charge in [-0.15, -0.1) is 0 Å². The number of nitrogens with zero attached hydrogens (tertiary/aromatic N) is 4. The number of aromatic nitrogens is 4. The first-order valence-corrected chi connectivity index (χ1v) is 13.0. The Morgan fingerprint density at radius 1 is 1.09 bits per heavy atom. The molecule has 0 saturated heterocycles. The van der Waals surface area contributed by atoms with Crippen LogP contribution in [0.15, 0.2) is 57.9 Å². The van der Waals surface area contributed by atoms with E-state index < -0.39 is 61.2 Å². The third-order valence-electron chi connectivity index (χ3n) is 6.75. The zero-order chi connectivity index (χ0) is 35.2. The lowest BCUT2D eigenvalue weighted by atomic mass is 9.97. The molecule has 5 aromatic rings. The molecule has 1 aromatic carbocycles. The van der Waals surface area contributed by atoms with E-state index in [1.54, 1.807) is 0 Å². The van der Waals surface area contributed by atoms with Gasteiger partial charge in [-0.2, -0.15) is 18.2 Å². The number of hydrogen-bond acceptors (Lipinski definition) is 8. The van der Waals surface area contributed by atoms with Crippen LogP contribution in [-0.2, 0) is 12.0 Å². The van der Waals surface area contributed by atoms with Crippen molar-refractivity contribution in [2.45, 2.75) is 45.3 Å². The number of carbonyl (C=O) groups excluding carboxylic acids is 2. The molecule has 14 heteroatoms. The van der Waals surface area contributed by atoms with Gasteiger partial charge in [0.25, 0.3) is 11.8 Å². The number of carbonyl (C=O) groups is 2. The number of aryl methyl sites for hydroxylation is 2. The standard InChI is InChI=1S/C30H26F4N6O4/c1-15-19(25(41)39-29(2,3)28-37-14-43-40-28)11-17(13-36-15)20-12-21-23(26(42)35-4)24(16-5-7-18(31)8-6-16)44-27(21)38-22(20)9-10-30(32,33)34/h5-8,11-14H,9-10H2,1-4H3,(H,35,42)(H,39,41)/i2D3,14D. The molecule has 0 bridgehead atoms. The summed E-state index contributed by atoms with van der Waals surface area (Å²) in [6.45, 7) is -0.334. The maximum absolute atomic E-state index is 13.7. The number of rotatable bonds is 8. The molecule has 0 aliphatic carbocycles. The number of benzene rings is 1. The van der Waals surface area contributed by atoms with Crippen LogP contribution in [0.3, 0.4) is 0 Å². The predicted molar refractivity (Wildman–Crippen MR) is 150 cm³/mol. The third-order valence-corrected chi connectivity index (χ3v) is 6.75. The minimum atomic E-state index is -4.56.